The second-order valence-corrected chi connectivity index (χ2v) is 7.40. The minimum absolute atomic E-state index is 0.0818. The van der Waals surface area contributed by atoms with Crippen molar-refractivity contribution >= 4 is 17.2 Å². The Morgan fingerprint density at radius 3 is 2.27 bits per heavy atom. The molecule has 2 saturated carbocycles. The van der Waals surface area contributed by atoms with Gasteiger partial charge in [-0.15, -0.1) is 11.3 Å². The smallest absolute Gasteiger partial charge is 0.369 e. The second kappa shape index (κ2) is 5.51. The maximum atomic E-state index is 13.4. The molecule has 0 unspecified atom stereocenters. The topological polar surface area (TPSA) is 56.0 Å². The first-order valence-corrected chi connectivity index (χ1v) is 8.54. The van der Waals surface area contributed by atoms with Crippen LogP contribution in [-0.4, -0.2) is 10.9 Å². The Morgan fingerprint density at radius 2 is 1.82 bits per heavy atom. The summed E-state index contributed by atoms with van der Waals surface area (Å²) < 4.78 is 40.1. The third-order valence-electron chi connectivity index (χ3n) is 4.99. The molecule has 0 spiro atoms. The zero-order valence-corrected chi connectivity index (χ0v) is 13.0. The van der Waals surface area contributed by atoms with E-state index in [1.165, 1.54) is 0 Å². The Morgan fingerprint density at radius 1 is 1.18 bits per heavy atom. The van der Waals surface area contributed by atoms with E-state index in [1.54, 1.807) is 0 Å². The van der Waals surface area contributed by atoms with Crippen molar-refractivity contribution in [1.82, 2.24) is 4.98 Å². The lowest BCUT2D eigenvalue weighted by molar-refractivity contribution is -0.142. The van der Waals surface area contributed by atoms with E-state index in [-0.39, 0.29) is 10.9 Å². The third kappa shape index (κ3) is 2.53. The molecule has 0 radical (unpaired) electrons. The number of carbonyl (C=O) groups excluding carboxylic acids is 1. The predicted molar refractivity (Wildman–Crippen MR) is 77.7 cm³/mol. The molecule has 0 saturated heterocycles. The number of carbonyl (C=O) groups is 1. The van der Waals surface area contributed by atoms with Gasteiger partial charge >= 0.3 is 6.18 Å². The third-order valence-corrected chi connectivity index (χ3v) is 6.41. The molecule has 1 aromatic heterocycles. The van der Waals surface area contributed by atoms with Gasteiger partial charge in [0.2, 0.25) is 5.91 Å². The van der Waals surface area contributed by atoms with Crippen LogP contribution in [0.2, 0.25) is 0 Å². The molecule has 1 aromatic rings. The van der Waals surface area contributed by atoms with Crippen molar-refractivity contribution in [1.29, 1.82) is 0 Å². The van der Waals surface area contributed by atoms with Gasteiger partial charge in [0, 0.05) is 4.88 Å². The van der Waals surface area contributed by atoms with E-state index >= 15 is 0 Å². The molecule has 0 aliphatic heterocycles. The molecule has 3 rings (SSSR count). The number of hydrogen-bond donors (Lipinski definition) is 1. The van der Waals surface area contributed by atoms with Gasteiger partial charge in [-0.1, -0.05) is 25.7 Å². The first-order valence-electron chi connectivity index (χ1n) is 7.73. The molecule has 1 heterocycles. The Bertz CT molecular complexity index is 572. The van der Waals surface area contributed by atoms with Crippen LogP contribution in [-0.2, 0) is 16.4 Å². The summed E-state index contributed by atoms with van der Waals surface area (Å²) in [5.74, 6) is -0.627. The van der Waals surface area contributed by atoms with E-state index in [2.05, 4.69) is 4.98 Å². The molecular formula is C15H19F3N2OS. The van der Waals surface area contributed by atoms with Crippen molar-refractivity contribution in [3.05, 3.63) is 15.6 Å². The van der Waals surface area contributed by atoms with E-state index in [0.717, 1.165) is 49.9 Å². The van der Waals surface area contributed by atoms with Gasteiger partial charge in [-0.05, 0) is 31.6 Å². The maximum absolute atomic E-state index is 13.4. The van der Waals surface area contributed by atoms with Crippen LogP contribution in [0.1, 0.15) is 72.9 Å². The molecule has 122 valence electrons. The van der Waals surface area contributed by atoms with Crippen LogP contribution in [0.5, 0.6) is 0 Å². The minimum atomic E-state index is -4.47. The number of aromatic nitrogens is 1. The zero-order chi connectivity index (χ0) is 16.0. The van der Waals surface area contributed by atoms with Gasteiger partial charge in [-0.25, -0.2) is 4.98 Å². The average molecular weight is 332 g/mol. The number of primary amides is 1. The number of amides is 1. The van der Waals surface area contributed by atoms with Crippen LogP contribution < -0.4 is 5.73 Å². The largest absolute Gasteiger partial charge is 0.434 e. The maximum Gasteiger partial charge on any atom is 0.434 e. The van der Waals surface area contributed by atoms with Crippen molar-refractivity contribution in [2.45, 2.75) is 68.9 Å². The first kappa shape index (κ1) is 15.8. The number of hydrogen-bond acceptors (Lipinski definition) is 3. The summed E-state index contributed by atoms with van der Waals surface area (Å²) in [6.07, 6.45) is 1.89. The van der Waals surface area contributed by atoms with Crippen LogP contribution >= 0.6 is 11.3 Å². The highest BCUT2D eigenvalue weighted by Crippen LogP contribution is 2.50. The number of nitrogens with two attached hydrogens (primary N) is 1. The highest BCUT2D eigenvalue weighted by Gasteiger charge is 2.49. The van der Waals surface area contributed by atoms with Crippen molar-refractivity contribution in [3.63, 3.8) is 0 Å². The summed E-state index contributed by atoms with van der Waals surface area (Å²) in [4.78, 5) is 15.9. The van der Waals surface area contributed by atoms with Crippen LogP contribution in [0.4, 0.5) is 13.2 Å². The number of thiazole rings is 1. The molecule has 0 aromatic carbocycles. The summed E-state index contributed by atoms with van der Waals surface area (Å²) >= 11 is 1.07. The second-order valence-electron chi connectivity index (χ2n) is 6.36. The van der Waals surface area contributed by atoms with Gasteiger partial charge in [0.1, 0.15) is 10.4 Å². The number of nitrogens with zero attached hydrogens (tertiary/aromatic N) is 1. The Hall–Kier alpha value is -1.11. The fraction of sp³-hybridized carbons (Fsp3) is 0.733. The molecule has 2 aliphatic carbocycles. The first-order chi connectivity index (χ1) is 10.3. The van der Waals surface area contributed by atoms with Crippen LogP contribution in [0, 0.1) is 0 Å². The van der Waals surface area contributed by atoms with E-state index in [4.69, 9.17) is 5.73 Å². The van der Waals surface area contributed by atoms with Gasteiger partial charge in [0.25, 0.3) is 0 Å². The quantitative estimate of drug-likeness (QED) is 0.905. The molecular weight excluding hydrogens is 313 g/mol. The monoisotopic (exact) mass is 332 g/mol. The van der Waals surface area contributed by atoms with E-state index in [0.29, 0.717) is 17.7 Å². The Balaban J connectivity index is 2.03. The molecule has 2 fully saturated rings. The van der Waals surface area contributed by atoms with Gasteiger partial charge in [0.05, 0.1) is 0 Å². The standard InChI is InChI=1S/C15H19F3N2OS/c16-15(17,18)11-10(9-5-2-1-3-6-9)22-13(20-11)14(12(19)21)7-4-8-14/h9H,1-8H2,(H2,19,21). The summed E-state index contributed by atoms with van der Waals surface area (Å²) in [5.41, 5.74) is 3.71. The summed E-state index contributed by atoms with van der Waals surface area (Å²) in [6, 6.07) is 0. The van der Waals surface area contributed by atoms with Crippen LogP contribution in [0.25, 0.3) is 0 Å². The zero-order valence-electron chi connectivity index (χ0n) is 12.2. The van der Waals surface area contributed by atoms with E-state index < -0.39 is 23.2 Å². The lowest BCUT2D eigenvalue weighted by Gasteiger charge is -2.36. The normalized spacial score (nSPS) is 22.3. The van der Waals surface area contributed by atoms with Crippen molar-refractivity contribution < 1.29 is 18.0 Å². The Kier molecular flexibility index (Phi) is 3.95. The number of rotatable bonds is 3. The lowest BCUT2D eigenvalue weighted by Crippen LogP contribution is -2.46. The highest BCUT2D eigenvalue weighted by atomic mass is 32.1. The van der Waals surface area contributed by atoms with Gasteiger partial charge < -0.3 is 5.73 Å². The highest BCUT2D eigenvalue weighted by molar-refractivity contribution is 7.12. The van der Waals surface area contributed by atoms with Crippen molar-refractivity contribution in [2.75, 3.05) is 0 Å². The summed E-state index contributed by atoms with van der Waals surface area (Å²) in [6.45, 7) is 0. The number of alkyl halides is 3. The minimum Gasteiger partial charge on any atom is -0.369 e. The molecule has 0 bridgehead atoms. The fourth-order valence-electron chi connectivity index (χ4n) is 3.48. The van der Waals surface area contributed by atoms with Crippen molar-refractivity contribution in [2.24, 2.45) is 5.73 Å². The molecule has 2 aliphatic rings. The molecule has 0 atom stereocenters. The molecule has 22 heavy (non-hydrogen) atoms. The number of halogens is 3. The molecule has 1 amide bonds. The van der Waals surface area contributed by atoms with Gasteiger partial charge in [-0.2, -0.15) is 13.2 Å². The molecule has 2 N–H and O–H groups in total. The summed E-state index contributed by atoms with van der Waals surface area (Å²) in [7, 11) is 0. The summed E-state index contributed by atoms with van der Waals surface area (Å²) in [5, 5.41) is 0.277. The molecule has 7 heteroatoms. The van der Waals surface area contributed by atoms with E-state index in [1.807, 2.05) is 0 Å². The Labute approximate surface area is 131 Å². The predicted octanol–water partition coefficient (Wildman–Crippen LogP) is 4.12. The van der Waals surface area contributed by atoms with Gasteiger partial charge in [-0.3, -0.25) is 4.79 Å². The average Bonchev–Trinajstić information content (AvgIpc) is 2.83. The van der Waals surface area contributed by atoms with Crippen molar-refractivity contribution in [3.8, 4) is 0 Å². The lowest BCUT2D eigenvalue weighted by atomic mass is 9.68. The van der Waals surface area contributed by atoms with Crippen LogP contribution in [0.15, 0.2) is 0 Å². The fourth-order valence-corrected chi connectivity index (χ4v) is 4.98. The van der Waals surface area contributed by atoms with E-state index in [9.17, 15) is 18.0 Å². The molecule has 3 nitrogen and oxygen atoms in total. The van der Waals surface area contributed by atoms with Crippen LogP contribution in [0.3, 0.4) is 0 Å². The van der Waals surface area contributed by atoms with Gasteiger partial charge in [0.15, 0.2) is 5.69 Å². The SMILES string of the molecule is NC(=O)C1(c2nc(C(F)(F)F)c(C3CCCCC3)s2)CCC1.